The number of fused-ring (bicyclic) bond motifs is 3. The minimum absolute atomic E-state index is 0.0401. The number of carbonyl (C=O) groups is 2. The first kappa shape index (κ1) is 25.0. The van der Waals surface area contributed by atoms with E-state index in [9.17, 15) is 24.9 Å². The van der Waals surface area contributed by atoms with Gasteiger partial charge in [-0.25, -0.2) is 0 Å². The molecule has 3 spiro atoms. The molecule has 4 bridgehead atoms. The van der Waals surface area contributed by atoms with Crippen LogP contribution in [0, 0.1) is 34.0 Å². The van der Waals surface area contributed by atoms with Crippen molar-refractivity contribution in [2.45, 2.75) is 114 Å². The molecule has 7 fully saturated rings. The van der Waals surface area contributed by atoms with Gasteiger partial charge in [-0.3, -0.25) is 9.59 Å². The van der Waals surface area contributed by atoms with Gasteiger partial charge >= 0.3 is 5.97 Å². The summed E-state index contributed by atoms with van der Waals surface area (Å²) in [5, 5.41) is 35.1. The minimum atomic E-state index is -1.46. The second kappa shape index (κ2) is 6.65. The maximum Gasteiger partial charge on any atom is 0.303 e. The molecular weight excluding hydrogens is 504 g/mol. The average molecular weight is 543 g/mol. The molecule has 9 heteroatoms. The average Bonchev–Trinajstić information content (AvgIpc) is 3.52. The van der Waals surface area contributed by atoms with Crippen LogP contribution in [0.5, 0.6) is 0 Å². The lowest BCUT2D eigenvalue weighted by molar-refractivity contribution is -0.466. The number of ether oxygens (including phenoxy) is 3. The first-order valence-electron chi connectivity index (χ1n) is 14.4. The second-order valence-electron chi connectivity index (χ2n) is 14.8. The van der Waals surface area contributed by atoms with Crippen molar-refractivity contribution in [3.05, 3.63) is 24.2 Å². The summed E-state index contributed by atoms with van der Waals surface area (Å²) in [4.78, 5) is 26.0. The quantitative estimate of drug-likeness (QED) is 0.520. The highest BCUT2D eigenvalue weighted by molar-refractivity contribution is 5.81. The molecule has 12 unspecified atom stereocenters. The van der Waals surface area contributed by atoms with Crippen molar-refractivity contribution in [2.24, 2.45) is 34.0 Å². The van der Waals surface area contributed by atoms with Gasteiger partial charge in [0.2, 0.25) is 0 Å². The molecule has 1 aromatic heterocycles. The lowest BCUT2D eigenvalue weighted by Gasteiger charge is -2.75. The molecule has 212 valence electrons. The standard InChI is InChI=1S/C30H38O9/c1-23-14-27(35)20-11-17(31)10-19-24(2,22(34)16-6-9-36-13-16)7-5-8-28-25(3,18(23)12-21(32)33)29(27,15-23)38-26(4,37-28)39-30(19,20)28/h6,9,13,18-20,22,34-35H,5,7-8,10-12,14-15H2,1-4H3,(H,32,33). The summed E-state index contributed by atoms with van der Waals surface area (Å²) in [5.41, 5.74) is -6.24. The first-order valence-corrected chi connectivity index (χ1v) is 14.4. The lowest BCUT2D eigenvalue weighted by Crippen LogP contribution is -2.88. The highest BCUT2D eigenvalue weighted by Gasteiger charge is 3.00. The molecule has 2 aliphatic heterocycles. The first-order chi connectivity index (χ1) is 18.2. The van der Waals surface area contributed by atoms with Gasteiger partial charge in [0.1, 0.15) is 28.2 Å². The molecule has 9 nitrogen and oxygen atoms in total. The number of furan rings is 1. The fourth-order valence-corrected chi connectivity index (χ4v) is 12.5. The zero-order valence-corrected chi connectivity index (χ0v) is 23.0. The Kier molecular flexibility index (Phi) is 4.26. The number of aliphatic carboxylic acids is 1. The molecule has 12 atom stereocenters. The molecule has 3 N–H and O–H groups in total. The Morgan fingerprint density at radius 2 is 1.77 bits per heavy atom. The third-order valence-electron chi connectivity index (χ3n) is 13.3. The van der Waals surface area contributed by atoms with Crippen LogP contribution in [-0.2, 0) is 23.8 Å². The topological polar surface area (TPSA) is 136 Å². The van der Waals surface area contributed by atoms with Crippen LogP contribution >= 0.6 is 0 Å². The molecule has 5 saturated carbocycles. The fraction of sp³-hybridized carbons (Fsp3) is 0.800. The van der Waals surface area contributed by atoms with Crippen molar-refractivity contribution in [3.63, 3.8) is 0 Å². The van der Waals surface area contributed by atoms with Crippen molar-refractivity contribution in [1.29, 1.82) is 0 Å². The Hall–Kier alpha value is -1.78. The molecule has 0 radical (unpaired) electrons. The van der Waals surface area contributed by atoms with E-state index in [1.807, 2.05) is 6.92 Å². The van der Waals surface area contributed by atoms with E-state index in [0.717, 1.165) is 0 Å². The van der Waals surface area contributed by atoms with Crippen molar-refractivity contribution >= 4 is 11.8 Å². The Morgan fingerprint density at radius 1 is 1.05 bits per heavy atom. The van der Waals surface area contributed by atoms with E-state index >= 15 is 0 Å². The zero-order valence-electron chi connectivity index (χ0n) is 23.0. The largest absolute Gasteiger partial charge is 0.481 e. The summed E-state index contributed by atoms with van der Waals surface area (Å²) in [7, 11) is 0. The van der Waals surface area contributed by atoms with E-state index in [2.05, 4.69) is 13.8 Å². The smallest absolute Gasteiger partial charge is 0.303 e. The number of aliphatic hydroxyl groups excluding tert-OH is 1. The van der Waals surface area contributed by atoms with Crippen LogP contribution in [0.1, 0.15) is 90.7 Å². The van der Waals surface area contributed by atoms with Gasteiger partial charge in [0.15, 0.2) is 0 Å². The summed E-state index contributed by atoms with van der Waals surface area (Å²) in [6.45, 7) is 7.95. The molecule has 7 aliphatic rings. The normalized spacial score (nSPS) is 58.8. The molecular formula is C30H38O9. The minimum Gasteiger partial charge on any atom is -0.481 e. The Bertz CT molecular complexity index is 1310. The van der Waals surface area contributed by atoms with Gasteiger partial charge in [-0.2, -0.15) is 0 Å². The fourth-order valence-electron chi connectivity index (χ4n) is 12.5. The number of carboxylic acid groups (broad SMARTS) is 1. The number of Topliss-reactive ketones (excluding diaryl/α,β-unsaturated/α-hetero) is 1. The summed E-state index contributed by atoms with van der Waals surface area (Å²) >= 11 is 0. The van der Waals surface area contributed by atoms with Gasteiger partial charge in [0, 0.05) is 54.4 Å². The monoisotopic (exact) mass is 542 g/mol. The predicted molar refractivity (Wildman–Crippen MR) is 133 cm³/mol. The van der Waals surface area contributed by atoms with Gasteiger partial charge in [-0.05, 0) is 49.5 Å². The predicted octanol–water partition coefficient (Wildman–Crippen LogP) is 3.72. The van der Waals surface area contributed by atoms with E-state index in [0.29, 0.717) is 37.7 Å². The van der Waals surface area contributed by atoms with Gasteiger partial charge in [0.05, 0.1) is 18.6 Å². The molecule has 1 aromatic rings. The van der Waals surface area contributed by atoms with Crippen molar-refractivity contribution in [1.82, 2.24) is 0 Å². The van der Waals surface area contributed by atoms with E-state index < -0.39 is 68.5 Å². The van der Waals surface area contributed by atoms with Crippen LogP contribution in [0.2, 0.25) is 0 Å². The van der Waals surface area contributed by atoms with Gasteiger partial charge in [-0.1, -0.05) is 20.8 Å². The van der Waals surface area contributed by atoms with E-state index in [4.69, 9.17) is 18.6 Å². The second-order valence-corrected chi connectivity index (χ2v) is 14.8. The molecule has 5 aliphatic carbocycles. The number of aliphatic hydroxyl groups is 2. The summed E-state index contributed by atoms with van der Waals surface area (Å²) in [6, 6.07) is 1.75. The third kappa shape index (κ3) is 2.25. The summed E-state index contributed by atoms with van der Waals surface area (Å²) < 4.78 is 26.4. The maximum atomic E-state index is 13.7. The van der Waals surface area contributed by atoms with Crippen molar-refractivity contribution < 1.29 is 43.5 Å². The highest BCUT2D eigenvalue weighted by atomic mass is 16.9. The Labute approximate surface area is 227 Å². The van der Waals surface area contributed by atoms with E-state index in [-0.39, 0.29) is 31.0 Å². The number of carboxylic acids is 1. The van der Waals surface area contributed by atoms with Crippen LogP contribution in [0.4, 0.5) is 0 Å². The SMILES string of the molecule is CC12OC34C5CC(=O)CC3C3(O)CC6(C)CC3(O1)C(C)(C6CC(=O)O)C4(CCCC5(C)C(O)c1ccoc1)O2. The molecule has 3 heterocycles. The Morgan fingerprint density at radius 3 is 2.46 bits per heavy atom. The Balaban J connectivity index is 1.44. The van der Waals surface area contributed by atoms with Crippen molar-refractivity contribution in [3.8, 4) is 0 Å². The third-order valence-corrected chi connectivity index (χ3v) is 13.3. The van der Waals surface area contributed by atoms with Gasteiger partial charge in [-0.15, -0.1) is 0 Å². The number of carbonyl (C=O) groups excluding carboxylic acids is 1. The van der Waals surface area contributed by atoms with Gasteiger partial charge < -0.3 is 33.9 Å². The number of hydrogen-bond donors (Lipinski definition) is 3. The van der Waals surface area contributed by atoms with Crippen LogP contribution in [0.25, 0.3) is 0 Å². The highest BCUT2D eigenvalue weighted by Crippen LogP contribution is 2.90. The van der Waals surface area contributed by atoms with Crippen molar-refractivity contribution in [2.75, 3.05) is 0 Å². The van der Waals surface area contributed by atoms with E-state index in [1.54, 1.807) is 19.3 Å². The van der Waals surface area contributed by atoms with Crippen LogP contribution < -0.4 is 0 Å². The molecule has 39 heavy (non-hydrogen) atoms. The number of hydrogen-bond acceptors (Lipinski definition) is 8. The number of ketones is 1. The zero-order chi connectivity index (χ0) is 27.6. The summed E-state index contributed by atoms with van der Waals surface area (Å²) in [6.07, 6.45) is 5.12. The molecule has 2 saturated heterocycles. The van der Waals surface area contributed by atoms with Crippen LogP contribution in [0.15, 0.2) is 23.0 Å². The van der Waals surface area contributed by atoms with Gasteiger partial charge in [0.25, 0.3) is 5.97 Å². The van der Waals surface area contributed by atoms with Crippen LogP contribution in [0.3, 0.4) is 0 Å². The number of rotatable bonds is 4. The molecule has 8 rings (SSSR count). The molecule has 0 aromatic carbocycles. The lowest BCUT2D eigenvalue weighted by atomic mass is 9.34. The summed E-state index contributed by atoms with van der Waals surface area (Å²) in [5.74, 6) is -3.72. The maximum absolute atomic E-state index is 13.7. The van der Waals surface area contributed by atoms with E-state index in [1.165, 1.54) is 6.26 Å². The van der Waals surface area contributed by atoms with Crippen LogP contribution in [-0.4, -0.2) is 55.4 Å². The molecule has 0 amide bonds.